The maximum absolute atomic E-state index is 11.0. The number of nitrogens with one attached hydrogen (secondary N) is 1. The zero-order valence-electron chi connectivity index (χ0n) is 7.20. The van der Waals surface area contributed by atoms with E-state index in [4.69, 9.17) is 5.26 Å². The maximum Gasteiger partial charge on any atom is 0.262 e. The number of hydrogen-bond donors (Lipinski definition) is 1. The summed E-state index contributed by atoms with van der Waals surface area (Å²) in [5.41, 5.74) is 1.84. The minimum Gasteiger partial charge on any atom is -0.326 e. The molecule has 1 aromatic carbocycles. The summed E-state index contributed by atoms with van der Waals surface area (Å²) in [6.07, 6.45) is 0.280. The van der Waals surface area contributed by atoms with Crippen LogP contribution in [0.1, 0.15) is 15.9 Å². The first-order valence-corrected chi connectivity index (χ1v) is 4.08. The monoisotopic (exact) mass is 186 g/mol. The van der Waals surface area contributed by atoms with Gasteiger partial charge in [0, 0.05) is 11.3 Å². The van der Waals surface area contributed by atoms with Crippen molar-refractivity contribution >= 4 is 17.4 Å². The summed E-state index contributed by atoms with van der Waals surface area (Å²) in [4.78, 5) is 22.0. The van der Waals surface area contributed by atoms with E-state index in [1.54, 1.807) is 12.1 Å². The van der Waals surface area contributed by atoms with Crippen molar-refractivity contribution in [1.82, 2.24) is 0 Å². The van der Waals surface area contributed by atoms with Crippen LogP contribution in [0.4, 0.5) is 5.69 Å². The number of hydrogen-bond acceptors (Lipinski definition) is 3. The lowest BCUT2D eigenvalue weighted by Gasteiger charge is -1.98. The second-order valence-electron chi connectivity index (χ2n) is 3.04. The van der Waals surface area contributed by atoms with Crippen molar-refractivity contribution in [2.24, 2.45) is 0 Å². The van der Waals surface area contributed by atoms with Crippen LogP contribution in [0.15, 0.2) is 18.2 Å². The predicted octanol–water partition coefficient (Wildman–Crippen LogP) is 0.887. The Labute approximate surface area is 80.2 Å². The molecular formula is C10H6N2O2. The molecule has 4 heteroatoms. The predicted molar refractivity (Wildman–Crippen MR) is 48.7 cm³/mol. The third-order valence-electron chi connectivity index (χ3n) is 2.09. The highest BCUT2D eigenvalue weighted by molar-refractivity contribution is 6.09. The molecule has 0 unspecified atom stereocenters. The number of ketones is 1. The second kappa shape index (κ2) is 2.96. The van der Waals surface area contributed by atoms with Crippen LogP contribution in [0.5, 0.6) is 0 Å². The number of Topliss-reactive ketones (excluding diaryl/α,β-unsaturated/α-hetero) is 1. The molecule has 0 saturated heterocycles. The lowest BCUT2D eigenvalue weighted by Crippen LogP contribution is -2.03. The normalized spacial score (nSPS) is 12.9. The molecule has 0 atom stereocenters. The molecule has 0 radical (unpaired) electrons. The first kappa shape index (κ1) is 8.45. The van der Waals surface area contributed by atoms with Gasteiger partial charge >= 0.3 is 0 Å². The van der Waals surface area contributed by atoms with Crippen molar-refractivity contribution in [3.63, 3.8) is 0 Å². The number of nitrogens with zero attached hydrogens (tertiary/aromatic N) is 1. The number of benzene rings is 1. The van der Waals surface area contributed by atoms with E-state index in [0.29, 0.717) is 5.56 Å². The van der Waals surface area contributed by atoms with Crippen molar-refractivity contribution in [2.45, 2.75) is 6.42 Å². The highest BCUT2D eigenvalue weighted by Crippen LogP contribution is 2.23. The van der Waals surface area contributed by atoms with E-state index >= 15 is 0 Å². The first-order chi connectivity index (χ1) is 6.70. The summed E-state index contributed by atoms with van der Waals surface area (Å²) in [6.45, 7) is 0. The molecule has 4 nitrogen and oxygen atoms in total. The van der Waals surface area contributed by atoms with E-state index < -0.39 is 5.78 Å². The van der Waals surface area contributed by atoms with Crippen molar-refractivity contribution in [2.75, 3.05) is 5.32 Å². The molecule has 1 aromatic rings. The van der Waals surface area contributed by atoms with Gasteiger partial charge in [-0.05, 0) is 23.8 Å². The number of anilines is 1. The molecular weight excluding hydrogens is 180 g/mol. The highest BCUT2D eigenvalue weighted by Gasteiger charge is 2.18. The SMILES string of the molecule is N#CC(=O)c1ccc2c(c1)CC(=O)N2. The van der Waals surface area contributed by atoms with E-state index in [9.17, 15) is 9.59 Å². The van der Waals surface area contributed by atoms with E-state index in [-0.39, 0.29) is 12.3 Å². The molecule has 0 aliphatic carbocycles. The summed E-state index contributed by atoms with van der Waals surface area (Å²) in [7, 11) is 0. The molecule has 1 amide bonds. The Morgan fingerprint density at radius 2 is 2.29 bits per heavy atom. The Morgan fingerprint density at radius 1 is 1.50 bits per heavy atom. The van der Waals surface area contributed by atoms with Crippen LogP contribution >= 0.6 is 0 Å². The minimum absolute atomic E-state index is 0.0819. The number of nitriles is 1. The van der Waals surface area contributed by atoms with E-state index in [1.807, 2.05) is 0 Å². The smallest absolute Gasteiger partial charge is 0.262 e. The Hall–Kier alpha value is -2.15. The number of carbonyl (C=O) groups is 2. The third kappa shape index (κ3) is 1.25. The van der Waals surface area contributed by atoms with Gasteiger partial charge in [-0.2, -0.15) is 5.26 Å². The number of rotatable bonds is 1. The molecule has 0 spiro atoms. The van der Waals surface area contributed by atoms with Gasteiger partial charge in [0.15, 0.2) is 0 Å². The summed E-state index contributed by atoms with van der Waals surface area (Å²) in [5, 5.41) is 11.1. The average molecular weight is 186 g/mol. The molecule has 14 heavy (non-hydrogen) atoms. The van der Waals surface area contributed by atoms with Crippen molar-refractivity contribution in [3.8, 4) is 6.07 Å². The zero-order valence-corrected chi connectivity index (χ0v) is 7.20. The van der Waals surface area contributed by atoms with E-state index in [0.717, 1.165) is 11.3 Å². The van der Waals surface area contributed by atoms with Crippen molar-refractivity contribution in [1.29, 1.82) is 5.26 Å². The van der Waals surface area contributed by atoms with E-state index in [2.05, 4.69) is 5.32 Å². The molecule has 2 rings (SSSR count). The van der Waals surface area contributed by atoms with Gasteiger partial charge in [0.05, 0.1) is 6.42 Å². The molecule has 0 fully saturated rings. The van der Waals surface area contributed by atoms with Crippen molar-refractivity contribution < 1.29 is 9.59 Å². The van der Waals surface area contributed by atoms with Gasteiger partial charge in [0.1, 0.15) is 6.07 Å². The summed E-state index contributed by atoms with van der Waals surface area (Å²) >= 11 is 0. The quantitative estimate of drug-likeness (QED) is 0.523. The van der Waals surface area contributed by atoms with Crippen LogP contribution in [0.2, 0.25) is 0 Å². The summed E-state index contributed by atoms with van der Waals surface area (Å²) in [6, 6.07) is 6.30. The average Bonchev–Trinajstić information content (AvgIpc) is 2.55. The first-order valence-electron chi connectivity index (χ1n) is 4.08. The molecule has 1 aliphatic heterocycles. The van der Waals surface area contributed by atoms with Gasteiger partial charge < -0.3 is 5.32 Å². The van der Waals surface area contributed by atoms with E-state index in [1.165, 1.54) is 12.1 Å². The molecule has 0 bridgehead atoms. The lowest BCUT2D eigenvalue weighted by atomic mass is 10.1. The number of carbonyl (C=O) groups excluding carboxylic acids is 2. The molecule has 1 heterocycles. The van der Waals surface area contributed by atoms with Crippen LogP contribution in [-0.4, -0.2) is 11.7 Å². The van der Waals surface area contributed by atoms with Gasteiger partial charge in [0.2, 0.25) is 5.91 Å². The van der Waals surface area contributed by atoms with Crippen molar-refractivity contribution in [3.05, 3.63) is 29.3 Å². The van der Waals surface area contributed by atoms with Gasteiger partial charge in [-0.1, -0.05) is 0 Å². The highest BCUT2D eigenvalue weighted by atomic mass is 16.1. The largest absolute Gasteiger partial charge is 0.326 e. The summed E-state index contributed by atoms with van der Waals surface area (Å²) in [5.74, 6) is -0.659. The number of amides is 1. The molecule has 68 valence electrons. The third-order valence-corrected chi connectivity index (χ3v) is 2.09. The van der Waals surface area contributed by atoms with Gasteiger partial charge in [-0.15, -0.1) is 0 Å². The summed E-state index contributed by atoms with van der Waals surface area (Å²) < 4.78 is 0. The van der Waals surface area contributed by atoms with Gasteiger partial charge in [-0.3, -0.25) is 9.59 Å². The Morgan fingerprint density at radius 3 is 3.00 bits per heavy atom. The van der Waals surface area contributed by atoms with Gasteiger partial charge in [0.25, 0.3) is 5.78 Å². The molecule has 0 aromatic heterocycles. The fourth-order valence-corrected chi connectivity index (χ4v) is 1.44. The zero-order chi connectivity index (χ0) is 10.1. The Kier molecular flexibility index (Phi) is 1.79. The van der Waals surface area contributed by atoms with Crippen LogP contribution < -0.4 is 5.32 Å². The molecule has 1 N–H and O–H groups in total. The number of fused-ring (bicyclic) bond motifs is 1. The second-order valence-corrected chi connectivity index (χ2v) is 3.04. The fourth-order valence-electron chi connectivity index (χ4n) is 1.44. The van der Waals surface area contributed by atoms with Crippen LogP contribution in [0.25, 0.3) is 0 Å². The molecule has 0 saturated carbocycles. The van der Waals surface area contributed by atoms with Crippen LogP contribution in [0.3, 0.4) is 0 Å². The van der Waals surface area contributed by atoms with Gasteiger partial charge in [-0.25, -0.2) is 0 Å². The fraction of sp³-hybridized carbons (Fsp3) is 0.100. The van der Waals surface area contributed by atoms with Crippen LogP contribution in [-0.2, 0) is 11.2 Å². The Balaban J connectivity index is 2.43. The maximum atomic E-state index is 11.0. The lowest BCUT2D eigenvalue weighted by molar-refractivity contribution is -0.115. The Bertz CT molecular complexity index is 472. The standard InChI is InChI=1S/C10H6N2O2/c11-5-9(13)6-1-2-8-7(3-6)4-10(14)12-8/h1-3H,4H2,(H,12,14). The topological polar surface area (TPSA) is 70.0 Å². The minimum atomic E-state index is -0.577. The molecule has 1 aliphatic rings. The van der Waals surface area contributed by atoms with Crippen LogP contribution in [0, 0.1) is 11.3 Å².